The molecule has 3 aromatic rings. The van der Waals surface area contributed by atoms with Crippen LogP contribution in [0.3, 0.4) is 0 Å². The molecule has 0 bridgehead atoms. The van der Waals surface area contributed by atoms with Crippen LogP contribution in [0.15, 0.2) is 53.2 Å². The van der Waals surface area contributed by atoms with Gasteiger partial charge in [-0.05, 0) is 56.5 Å². The molecule has 1 N–H and O–H groups in total. The molecule has 5 nitrogen and oxygen atoms in total. The molecule has 0 radical (unpaired) electrons. The fourth-order valence-electron chi connectivity index (χ4n) is 3.31. The van der Waals surface area contributed by atoms with Gasteiger partial charge in [0, 0.05) is 34.7 Å². The fourth-order valence-corrected chi connectivity index (χ4v) is 3.31. The Balaban J connectivity index is 2.01. The second kappa shape index (κ2) is 9.53. The highest BCUT2D eigenvalue weighted by Gasteiger charge is 2.15. The van der Waals surface area contributed by atoms with Crippen LogP contribution in [0.25, 0.3) is 27.7 Å². The molecule has 1 aromatic heterocycles. The van der Waals surface area contributed by atoms with Gasteiger partial charge in [0.2, 0.25) is 5.91 Å². The van der Waals surface area contributed by atoms with Gasteiger partial charge in [0.1, 0.15) is 17.1 Å². The number of furan rings is 1. The third kappa shape index (κ3) is 4.67. The molecule has 0 saturated heterocycles. The zero-order valence-electron chi connectivity index (χ0n) is 18.2. The zero-order valence-corrected chi connectivity index (χ0v) is 18.2. The third-order valence-electron chi connectivity index (χ3n) is 5.15. The molecule has 1 heterocycles. The lowest BCUT2D eigenvalue weighted by Crippen LogP contribution is -2.30. The van der Waals surface area contributed by atoms with E-state index in [2.05, 4.69) is 5.32 Å². The zero-order chi connectivity index (χ0) is 21.7. The second-order valence-corrected chi connectivity index (χ2v) is 7.30. The smallest absolute Gasteiger partial charge is 0.244 e. The van der Waals surface area contributed by atoms with Gasteiger partial charge in [-0.15, -0.1) is 0 Å². The number of carbonyl (C=O) groups is 1. The average Bonchev–Trinajstić information content (AvgIpc) is 3.16. The summed E-state index contributed by atoms with van der Waals surface area (Å²) in [6, 6.07) is 12.0. The molecule has 3 rings (SSSR count). The molecule has 1 atom stereocenters. The predicted octanol–water partition coefficient (Wildman–Crippen LogP) is 5.83. The van der Waals surface area contributed by atoms with E-state index >= 15 is 0 Å². The Morgan fingerprint density at radius 3 is 2.57 bits per heavy atom. The number of fused-ring (bicyclic) bond motifs is 1. The van der Waals surface area contributed by atoms with Gasteiger partial charge >= 0.3 is 0 Å². The van der Waals surface area contributed by atoms with Crippen molar-refractivity contribution in [2.24, 2.45) is 0 Å². The molecule has 2 aromatic carbocycles. The molecule has 5 heteroatoms. The van der Waals surface area contributed by atoms with Gasteiger partial charge in [-0.25, -0.2) is 0 Å². The van der Waals surface area contributed by atoms with Crippen LogP contribution in [-0.2, 0) is 4.79 Å². The maximum Gasteiger partial charge on any atom is 0.244 e. The summed E-state index contributed by atoms with van der Waals surface area (Å²) in [5.41, 5.74) is 4.43. The van der Waals surface area contributed by atoms with Gasteiger partial charge in [-0.1, -0.05) is 19.1 Å². The first-order valence-electron chi connectivity index (χ1n) is 10.3. The Morgan fingerprint density at radius 2 is 1.93 bits per heavy atom. The third-order valence-corrected chi connectivity index (χ3v) is 5.15. The van der Waals surface area contributed by atoms with E-state index in [0.717, 1.165) is 45.4 Å². The number of hydrogen-bond acceptors (Lipinski definition) is 4. The number of methoxy groups -OCH3 is 1. The van der Waals surface area contributed by atoms with Gasteiger partial charge < -0.3 is 19.2 Å². The minimum Gasteiger partial charge on any atom is -0.496 e. The molecule has 0 fully saturated rings. The highest BCUT2D eigenvalue weighted by atomic mass is 16.5. The second-order valence-electron chi connectivity index (χ2n) is 7.30. The summed E-state index contributed by atoms with van der Waals surface area (Å²) in [5, 5.41) is 3.93. The van der Waals surface area contributed by atoms with E-state index < -0.39 is 0 Å². The number of allylic oxidation sites excluding steroid dienone is 1. The number of rotatable bonds is 8. The van der Waals surface area contributed by atoms with Crippen LogP contribution < -0.4 is 14.8 Å². The number of amides is 1. The number of nitrogens with one attached hydrogen (secondary N) is 1. The quantitative estimate of drug-likeness (QED) is 0.478. The first-order chi connectivity index (χ1) is 14.5. The Bertz CT molecular complexity index is 1050. The van der Waals surface area contributed by atoms with Crippen LogP contribution >= 0.6 is 0 Å². The Hall–Kier alpha value is -3.21. The lowest BCUT2D eigenvalue weighted by atomic mass is 9.99. The number of benzene rings is 2. The minimum absolute atomic E-state index is 0.108. The van der Waals surface area contributed by atoms with E-state index in [1.54, 1.807) is 19.4 Å². The van der Waals surface area contributed by atoms with Crippen molar-refractivity contribution >= 4 is 22.4 Å². The lowest BCUT2D eigenvalue weighted by molar-refractivity contribution is -0.117. The van der Waals surface area contributed by atoms with Crippen molar-refractivity contribution in [3.63, 3.8) is 0 Å². The van der Waals surface area contributed by atoms with Gasteiger partial charge in [0.15, 0.2) is 0 Å². The van der Waals surface area contributed by atoms with E-state index in [4.69, 9.17) is 13.9 Å². The van der Waals surface area contributed by atoms with Crippen LogP contribution in [0.1, 0.15) is 39.7 Å². The van der Waals surface area contributed by atoms with Crippen LogP contribution in [0.2, 0.25) is 0 Å². The van der Waals surface area contributed by atoms with Gasteiger partial charge in [-0.3, -0.25) is 4.79 Å². The molecule has 0 spiro atoms. The first kappa shape index (κ1) is 21.5. The van der Waals surface area contributed by atoms with Gasteiger partial charge in [0.05, 0.1) is 20.0 Å². The van der Waals surface area contributed by atoms with Crippen molar-refractivity contribution in [1.29, 1.82) is 0 Å². The van der Waals surface area contributed by atoms with Crippen LogP contribution in [-0.4, -0.2) is 25.7 Å². The Kier molecular flexibility index (Phi) is 6.83. The standard InChI is InChI=1S/C25H29NO4/c1-6-17(4)26-25(27)12-16(3)20-13-21-22(15-30-24(21)14-23(20)28-5)18-8-10-19(11-9-18)29-7-2/h8-15,17H,6-7H2,1-5H3,(H,26,27)/b16-12+. The molecule has 1 amide bonds. The molecule has 0 aliphatic heterocycles. The summed E-state index contributed by atoms with van der Waals surface area (Å²) >= 11 is 0. The van der Waals surface area contributed by atoms with Crippen molar-refractivity contribution in [3.8, 4) is 22.6 Å². The molecule has 30 heavy (non-hydrogen) atoms. The molecular formula is C25H29NO4. The van der Waals surface area contributed by atoms with Crippen molar-refractivity contribution in [2.75, 3.05) is 13.7 Å². The molecule has 158 valence electrons. The summed E-state index contributed by atoms with van der Waals surface area (Å²) in [7, 11) is 1.62. The molecule has 0 aliphatic carbocycles. The highest BCUT2D eigenvalue weighted by Crippen LogP contribution is 2.37. The summed E-state index contributed by atoms with van der Waals surface area (Å²) in [4.78, 5) is 12.3. The van der Waals surface area contributed by atoms with Crippen LogP contribution in [0.5, 0.6) is 11.5 Å². The summed E-state index contributed by atoms with van der Waals surface area (Å²) in [5.74, 6) is 1.39. The van der Waals surface area contributed by atoms with E-state index in [1.807, 2.05) is 64.1 Å². The number of carbonyl (C=O) groups excluding carboxylic acids is 1. The lowest BCUT2D eigenvalue weighted by Gasteiger charge is -2.12. The predicted molar refractivity (Wildman–Crippen MR) is 121 cm³/mol. The van der Waals surface area contributed by atoms with Crippen molar-refractivity contribution in [1.82, 2.24) is 5.32 Å². The topological polar surface area (TPSA) is 60.7 Å². The minimum atomic E-state index is -0.108. The monoisotopic (exact) mass is 407 g/mol. The van der Waals surface area contributed by atoms with Gasteiger partial charge in [0.25, 0.3) is 0 Å². The Labute approximate surface area is 177 Å². The molecule has 0 aliphatic rings. The van der Waals surface area contributed by atoms with Crippen molar-refractivity contribution < 1.29 is 18.7 Å². The summed E-state index contributed by atoms with van der Waals surface area (Å²) in [6.07, 6.45) is 4.25. The van der Waals surface area contributed by atoms with E-state index in [0.29, 0.717) is 12.4 Å². The number of hydrogen-bond donors (Lipinski definition) is 1. The van der Waals surface area contributed by atoms with E-state index in [9.17, 15) is 4.79 Å². The fraction of sp³-hybridized carbons (Fsp3) is 0.320. The van der Waals surface area contributed by atoms with E-state index in [1.165, 1.54) is 0 Å². The van der Waals surface area contributed by atoms with E-state index in [-0.39, 0.29) is 11.9 Å². The highest BCUT2D eigenvalue weighted by molar-refractivity contribution is 6.00. The number of ether oxygens (including phenoxy) is 2. The maximum atomic E-state index is 12.3. The Morgan fingerprint density at radius 1 is 1.20 bits per heavy atom. The van der Waals surface area contributed by atoms with Crippen LogP contribution in [0, 0.1) is 0 Å². The van der Waals surface area contributed by atoms with Gasteiger partial charge in [-0.2, -0.15) is 0 Å². The van der Waals surface area contributed by atoms with Crippen molar-refractivity contribution in [2.45, 2.75) is 40.2 Å². The summed E-state index contributed by atoms with van der Waals surface area (Å²) < 4.78 is 16.9. The maximum absolute atomic E-state index is 12.3. The molecular weight excluding hydrogens is 378 g/mol. The normalized spacial score (nSPS) is 12.6. The average molecular weight is 408 g/mol. The summed E-state index contributed by atoms with van der Waals surface area (Å²) in [6.45, 7) is 8.54. The molecule has 1 unspecified atom stereocenters. The largest absolute Gasteiger partial charge is 0.496 e. The van der Waals surface area contributed by atoms with Crippen molar-refractivity contribution in [3.05, 3.63) is 54.3 Å². The van der Waals surface area contributed by atoms with Crippen LogP contribution in [0.4, 0.5) is 0 Å². The molecule has 0 saturated carbocycles. The SMILES string of the molecule is CCOc1ccc(-c2coc3cc(OC)c(/C(C)=C/C(=O)NC(C)CC)cc23)cc1. The first-order valence-corrected chi connectivity index (χ1v) is 10.3.